The zero-order chi connectivity index (χ0) is 18.4. The second-order valence-electron chi connectivity index (χ2n) is 7.14. The van der Waals surface area contributed by atoms with Crippen LogP contribution in [0.4, 0.5) is 0 Å². The molecular formula is C21H30N4S. The zero-order valence-electron chi connectivity index (χ0n) is 16.0. The highest BCUT2D eigenvalue weighted by Crippen LogP contribution is 2.36. The molecule has 0 bridgehead atoms. The molecule has 140 valence electrons. The van der Waals surface area contributed by atoms with Crippen LogP contribution in [0, 0.1) is 12.8 Å². The second kappa shape index (κ2) is 9.19. The van der Waals surface area contributed by atoms with E-state index in [-0.39, 0.29) is 0 Å². The maximum atomic E-state index is 4.40. The van der Waals surface area contributed by atoms with E-state index in [1.165, 1.54) is 35.4 Å². The van der Waals surface area contributed by atoms with Crippen molar-refractivity contribution >= 4 is 17.3 Å². The summed E-state index contributed by atoms with van der Waals surface area (Å²) in [4.78, 5) is 8.38. The average molecular weight is 371 g/mol. The summed E-state index contributed by atoms with van der Waals surface area (Å²) in [5, 5.41) is 9.18. The quantitative estimate of drug-likeness (QED) is 0.621. The van der Waals surface area contributed by atoms with E-state index in [4.69, 9.17) is 0 Å². The van der Waals surface area contributed by atoms with Crippen molar-refractivity contribution < 1.29 is 0 Å². The zero-order valence-corrected chi connectivity index (χ0v) is 16.9. The van der Waals surface area contributed by atoms with Crippen molar-refractivity contribution in [2.75, 3.05) is 27.2 Å². The van der Waals surface area contributed by atoms with Gasteiger partial charge in [0.1, 0.15) is 0 Å². The number of piperidine rings is 1. The molecule has 1 fully saturated rings. The minimum Gasteiger partial charge on any atom is -0.356 e. The number of benzene rings is 1. The number of nitrogens with zero attached hydrogens (tertiary/aromatic N) is 2. The lowest BCUT2D eigenvalue weighted by atomic mass is 9.88. The normalized spacial score (nSPS) is 21.6. The Morgan fingerprint density at radius 3 is 2.88 bits per heavy atom. The molecule has 0 amide bonds. The fourth-order valence-electron chi connectivity index (χ4n) is 3.84. The molecule has 0 spiro atoms. The van der Waals surface area contributed by atoms with Gasteiger partial charge in [-0.3, -0.25) is 9.89 Å². The number of hydrogen-bond acceptors (Lipinski definition) is 3. The largest absolute Gasteiger partial charge is 0.356 e. The highest BCUT2D eigenvalue weighted by Gasteiger charge is 2.31. The molecule has 1 aromatic heterocycles. The molecule has 0 aliphatic carbocycles. The van der Waals surface area contributed by atoms with Gasteiger partial charge in [-0.1, -0.05) is 35.9 Å². The fraction of sp³-hybridized carbons (Fsp3) is 0.476. The highest BCUT2D eigenvalue weighted by molar-refractivity contribution is 7.10. The van der Waals surface area contributed by atoms with Crippen LogP contribution in [-0.4, -0.2) is 38.0 Å². The monoisotopic (exact) mass is 370 g/mol. The number of hydrogen-bond donors (Lipinski definition) is 2. The molecule has 1 saturated heterocycles. The van der Waals surface area contributed by atoms with Crippen molar-refractivity contribution in [3.05, 3.63) is 57.8 Å². The van der Waals surface area contributed by atoms with Crippen LogP contribution in [0.25, 0.3) is 0 Å². The predicted octanol–water partition coefficient (Wildman–Crippen LogP) is 3.80. The molecule has 0 radical (unpaired) electrons. The van der Waals surface area contributed by atoms with Crippen LogP contribution in [0.15, 0.2) is 46.8 Å². The maximum Gasteiger partial charge on any atom is 0.191 e. The van der Waals surface area contributed by atoms with E-state index in [1.54, 1.807) is 0 Å². The van der Waals surface area contributed by atoms with Gasteiger partial charge in [-0.2, -0.15) is 0 Å². The SMILES string of the molecule is CN=C(NCc1cccc(C)c1)NCC1CCCN(C)C1c1cccs1. The Labute approximate surface area is 161 Å². The van der Waals surface area contributed by atoms with E-state index >= 15 is 0 Å². The van der Waals surface area contributed by atoms with E-state index in [9.17, 15) is 0 Å². The Morgan fingerprint density at radius 2 is 2.15 bits per heavy atom. The summed E-state index contributed by atoms with van der Waals surface area (Å²) >= 11 is 1.87. The van der Waals surface area contributed by atoms with Crippen LogP contribution in [0.3, 0.4) is 0 Å². The maximum absolute atomic E-state index is 4.40. The molecule has 2 heterocycles. The topological polar surface area (TPSA) is 39.7 Å². The summed E-state index contributed by atoms with van der Waals surface area (Å²) in [5.41, 5.74) is 2.57. The van der Waals surface area contributed by atoms with Crippen LogP contribution in [0.1, 0.15) is 34.9 Å². The van der Waals surface area contributed by atoms with Crippen molar-refractivity contribution in [2.45, 2.75) is 32.4 Å². The lowest BCUT2D eigenvalue weighted by Crippen LogP contribution is -2.44. The number of guanidine groups is 1. The van der Waals surface area contributed by atoms with E-state index in [1.807, 2.05) is 18.4 Å². The van der Waals surface area contributed by atoms with Crippen molar-refractivity contribution in [1.82, 2.24) is 15.5 Å². The number of aliphatic imine (C=N–C) groups is 1. The summed E-state index contributed by atoms with van der Waals surface area (Å²) in [6.07, 6.45) is 2.52. The summed E-state index contributed by atoms with van der Waals surface area (Å²) in [6.45, 7) is 5.04. The molecule has 2 N–H and O–H groups in total. The van der Waals surface area contributed by atoms with E-state index in [0.29, 0.717) is 12.0 Å². The standard InChI is InChI=1S/C21H30N4S/c1-16-7-4-8-17(13-16)14-23-21(22-2)24-15-18-9-5-11-25(3)20(18)19-10-6-12-26-19/h4,6-8,10,12-13,18,20H,5,9,11,14-15H2,1-3H3,(H2,22,23,24). The molecule has 2 atom stereocenters. The fourth-order valence-corrected chi connectivity index (χ4v) is 4.82. The van der Waals surface area contributed by atoms with Gasteiger partial charge in [0, 0.05) is 31.1 Å². The molecule has 1 aromatic carbocycles. The Bertz CT molecular complexity index is 711. The Balaban J connectivity index is 1.56. The lowest BCUT2D eigenvalue weighted by molar-refractivity contribution is 0.125. The first-order valence-corrected chi connectivity index (χ1v) is 10.3. The summed E-state index contributed by atoms with van der Waals surface area (Å²) in [5.74, 6) is 1.48. The van der Waals surface area contributed by atoms with Gasteiger partial charge in [0.2, 0.25) is 0 Å². The first-order chi connectivity index (χ1) is 12.7. The van der Waals surface area contributed by atoms with Gasteiger partial charge in [-0.15, -0.1) is 11.3 Å². The van der Waals surface area contributed by atoms with Gasteiger partial charge in [0.05, 0.1) is 0 Å². The Hall–Kier alpha value is -1.85. The second-order valence-corrected chi connectivity index (χ2v) is 8.12. The molecule has 26 heavy (non-hydrogen) atoms. The van der Waals surface area contributed by atoms with Crippen LogP contribution >= 0.6 is 11.3 Å². The van der Waals surface area contributed by atoms with E-state index in [0.717, 1.165) is 19.0 Å². The molecule has 2 aromatic rings. The van der Waals surface area contributed by atoms with Gasteiger partial charge >= 0.3 is 0 Å². The van der Waals surface area contributed by atoms with Crippen molar-refractivity contribution in [2.24, 2.45) is 10.9 Å². The highest BCUT2D eigenvalue weighted by atomic mass is 32.1. The molecule has 5 heteroatoms. The predicted molar refractivity (Wildman–Crippen MR) is 112 cm³/mol. The van der Waals surface area contributed by atoms with Gasteiger partial charge in [-0.05, 0) is 56.3 Å². The molecule has 1 aliphatic heterocycles. The smallest absolute Gasteiger partial charge is 0.191 e. The minimum absolute atomic E-state index is 0.506. The molecule has 4 nitrogen and oxygen atoms in total. The molecule has 0 saturated carbocycles. The third-order valence-electron chi connectivity index (χ3n) is 5.14. The van der Waals surface area contributed by atoms with E-state index in [2.05, 4.69) is 76.3 Å². The summed E-state index contributed by atoms with van der Waals surface area (Å²) in [7, 11) is 4.09. The lowest BCUT2D eigenvalue weighted by Gasteiger charge is -2.39. The molecule has 3 rings (SSSR count). The number of rotatable bonds is 5. The van der Waals surface area contributed by atoms with Crippen LogP contribution < -0.4 is 10.6 Å². The first-order valence-electron chi connectivity index (χ1n) is 9.41. The average Bonchev–Trinajstić information content (AvgIpc) is 3.16. The van der Waals surface area contributed by atoms with Crippen LogP contribution in [-0.2, 0) is 6.54 Å². The Kier molecular flexibility index (Phi) is 6.69. The molecule has 2 unspecified atom stereocenters. The first kappa shape index (κ1) is 18.9. The van der Waals surface area contributed by atoms with Crippen molar-refractivity contribution in [3.63, 3.8) is 0 Å². The van der Waals surface area contributed by atoms with Crippen LogP contribution in [0.5, 0.6) is 0 Å². The van der Waals surface area contributed by atoms with Crippen LogP contribution in [0.2, 0.25) is 0 Å². The summed E-state index contributed by atoms with van der Waals surface area (Å²) < 4.78 is 0. The van der Waals surface area contributed by atoms with Gasteiger partial charge in [0.15, 0.2) is 5.96 Å². The number of aryl methyl sites for hydroxylation is 1. The molecule has 1 aliphatic rings. The third-order valence-corrected chi connectivity index (χ3v) is 6.08. The van der Waals surface area contributed by atoms with Gasteiger partial charge in [0.25, 0.3) is 0 Å². The third kappa shape index (κ3) is 4.86. The van der Waals surface area contributed by atoms with Crippen molar-refractivity contribution in [1.29, 1.82) is 0 Å². The number of thiophene rings is 1. The summed E-state index contributed by atoms with van der Waals surface area (Å²) in [6, 6.07) is 13.5. The van der Waals surface area contributed by atoms with E-state index < -0.39 is 0 Å². The van der Waals surface area contributed by atoms with Crippen molar-refractivity contribution in [3.8, 4) is 0 Å². The minimum atomic E-state index is 0.506. The van der Waals surface area contributed by atoms with Gasteiger partial charge in [-0.25, -0.2) is 0 Å². The van der Waals surface area contributed by atoms with Gasteiger partial charge < -0.3 is 10.6 Å². The number of likely N-dealkylation sites (tertiary alicyclic amines) is 1. The molecular weight excluding hydrogens is 340 g/mol. The number of nitrogens with one attached hydrogen (secondary N) is 2. The Morgan fingerprint density at radius 1 is 1.27 bits per heavy atom.